The molecule has 2 fully saturated rings. The Hall–Kier alpha value is -0.330. The highest BCUT2D eigenvalue weighted by molar-refractivity contribution is 4.77. The molecule has 0 aromatic carbocycles. The van der Waals surface area contributed by atoms with Gasteiger partial charge < -0.3 is 14.2 Å². The van der Waals surface area contributed by atoms with Crippen LogP contribution < -0.4 is 0 Å². The number of halogens is 3. The van der Waals surface area contributed by atoms with E-state index in [0.29, 0.717) is 31.7 Å². The molecule has 0 N–H and O–H groups in total. The van der Waals surface area contributed by atoms with Crippen LogP contribution in [0.1, 0.15) is 64.7 Å². The Morgan fingerprint density at radius 3 is 2.25 bits per heavy atom. The van der Waals surface area contributed by atoms with Gasteiger partial charge in [0.25, 0.3) is 0 Å². The van der Waals surface area contributed by atoms with Gasteiger partial charge in [-0.15, -0.1) is 0 Å². The van der Waals surface area contributed by atoms with Crippen LogP contribution in [0.25, 0.3) is 0 Å². The van der Waals surface area contributed by atoms with Gasteiger partial charge in [0, 0.05) is 24.9 Å². The largest absolute Gasteiger partial charge is 0.389 e. The molecule has 1 aliphatic heterocycles. The summed E-state index contributed by atoms with van der Waals surface area (Å²) in [5.74, 6) is 0.490. The highest BCUT2D eigenvalue weighted by Crippen LogP contribution is 2.33. The number of alkyl halides is 3. The van der Waals surface area contributed by atoms with Crippen molar-refractivity contribution >= 4 is 0 Å². The highest BCUT2D eigenvalue weighted by Gasteiger charge is 2.33. The second-order valence-corrected chi connectivity index (χ2v) is 7.17. The zero-order valence-electron chi connectivity index (χ0n) is 14.7. The van der Waals surface area contributed by atoms with Crippen molar-refractivity contribution in [1.29, 1.82) is 0 Å². The summed E-state index contributed by atoms with van der Waals surface area (Å²) in [5.41, 5.74) is 0. The Balaban J connectivity index is 1.58. The smallest absolute Gasteiger partial charge is 0.378 e. The van der Waals surface area contributed by atoms with Gasteiger partial charge in [0.15, 0.2) is 6.29 Å². The third kappa shape index (κ3) is 7.28. The molecule has 1 saturated carbocycles. The summed E-state index contributed by atoms with van der Waals surface area (Å²) in [6.07, 6.45) is 2.54. The molecule has 3 nitrogen and oxygen atoms in total. The van der Waals surface area contributed by atoms with Crippen molar-refractivity contribution in [2.45, 2.75) is 83.3 Å². The second-order valence-electron chi connectivity index (χ2n) is 7.17. The fourth-order valence-electron chi connectivity index (χ4n) is 3.51. The van der Waals surface area contributed by atoms with E-state index < -0.39 is 12.6 Å². The van der Waals surface area contributed by atoms with Gasteiger partial charge in [-0.1, -0.05) is 13.3 Å². The minimum atomic E-state index is -4.06. The topological polar surface area (TPSA) is 27.7 Å². The van der Waals surface area contributed by atoms with E-state index in [4.69, 9.17) is 14.2 Å². The van der Waals surface area contributed by atoms with Crippen LogP contribution in [-0.4, -0.2) is 38.4 Å². The standard InChI is InChI=1S/C18H31F3O3/c1-2-3-11-22-16-8-6-15(7-9-16)17-23-12-14(13-24-17)5-4-10-18(19,20)21/h14-17H,2-13H2,1H3/t14-,15-,16-,17-. The Bertz CT molecular complexity index is 333. The summed E-state index contributed by atoms with van der Waals surface area (Å²) in [7, 11) is 0. The molecular formula is C18H31F3O3. The number of hydrogen-bond donors (Lipinski definition) is 0. The molecule has 24 heavy (non-hydrogen) atoms. The Labute approximate surface area is 143 Å². The first-order valence-electron chi connectivity index (χ1n) is 9.39. The van der Waals surface area contributed by atoms with Gasteiger partial charge in [-0.05, 0) is 44.9 Å². The third-order valence-corrected chi connectivity index (χ3v) is 5.02. The van der Waals surface area contributed by atoms with Crippen LogP contribution in [0.4, 0.5) is 13.2 Å². The Morgan fingerprint density at radius 1 is 1.00 bits per heavy atom. The number of unbranched alkanes of at least 4 members (excludes halogenated alkanes) is 1. The molecule has 0 spiro atoms. The van der Waals surface area contributed by atoms with Crippen LogP contribution >= 0.6 is 0 Å². The molecule has 2 aliphatic rings. The van der Waals surface area contributed by atoms with Crippen molar-refractivity contribution in [3.05, 3.63) is 0 Å². The molecule has 0 bridgehead atoms. The lowest BCUT2D eigenvalue weighted by molar-refractivity contribution is -0.232. The van der Waals surface area contributed by atoms with Crippen LogP contribution in [0, 0.1) is 11.8 Å². The Kier molecular flexibility index (Phi) is 8.31. The van der Waals surface area contributed by atoms with Crippen LogP contribution in [0.2, 0.25) is 0 Å². The van der Waals surface area contributed by atoms with Crippen molar-refractivity contribution < 1.29 is 27.4 Å². The fraction of sp³-hybridized carbons (Fsp3) is 1.00. The van der Waals surface area contributed by atoms with Crippen LogP contribution in [0.5, 0.6) is 0 Å². The maximum Gasteiger partial charge on any atom is 0.389 e. The molecule has 0 aromatic rings. The molecule has 6 heteroatoms. The molecule has 0 unspecified atom stereocenters. The van der Waals surface area contributed by atoms with Crippen molar-refractivity contribution in [1.82, 2.24) is 0 Å². The summed E-state index contributed by atoms with van der Waals surface area (Å²) in [6.45, 7) is 4.06. The lowest BCUT2D eigenvalue weighted by Crippen LogP contribution is -2.39. The normalized spacial score (nSPS) is 32.0. The number of ether oxygens (including phenoxy) is 3. The van der Waals surface area contributed by atoms with E-state index >= 15 is 0 Å². The highest BCUT2D eigenvalue weighted by atomic mass is 19.4. The molecular weight excluding hydrogens is 321 g/mol. The van der Waals surface area contributed by atoms with E-state index in [-0.39, 0.29) is 18.6 Å². The van der Waals surface area contributed by atoms with Gasteiger partial charge in [0.05, 0.1) is 19.3 Å². The molecule has 2 rings (SSSR count). The van der Waals surface area contributed by atoms with E-state index in [1.54, 1.807) is 0 Å². The molecule has 0 amide bonds. The summed E-state index contributed by atoms with van der Waals surface area (Å²) >= 11 is 0. The predicted octanol–water partition coefficient (Wildman–Crippen LogP) is 5.08. The van der Waals surface area contributed by atoms with Gasteiger partial charge in [-0.25, -0.2) is 0 Å². The zero-order chi connectivity index (χ0) is 17.4. The van der Waals surface area contributed by atoms with Crippen LogP contribution in [0.3, 0.4) is 0 Å². The van der Waals surface area contributed by atoms with Crippen molar-refractivity contribution in [3.63, 3.8) is 0 Å². The zero-order valence-corrected chi connectivity index (χ0v) is 14.7. The molecule has 0 atom stereocenters. The summed E-state index contributed by atoms with van der Waals surface area (Å²) in [6, 6.07) is 0. The van der Waals surface area contributed by atoms with Crippen LogP contribution in [0.15, 0.2) is 0 Å². The van der Waals surface area contributed by atoms with Crippen molar-refractivity contribution in [2.24, 2.45) is 11.8 Å². The molecule has 0 aromatic heterocycles. The third-order valence-electron chi connectivity index (χ3n) is 5.02. The Morgan fingerprint density at radius 2 is 1.67 bits per heavy atom. The van der Waals surface area contributed by atoms with E-state index in [1.165, 1.54) is 0 Å². The molecule has 1 heterocycles. The average molecular weight is 352 g/mol. The fourth-order valence-corrected chi connectivity index (χ4v) is 3.51. The first-order chi connectivity index (χ1) is 11.5. The monoisotopic (exact) mass is 352 g/mol. The SMILES string of the molecule is CCCCO[C@H]1CC[C@H]([C@H]2OC[C@H](CCCC(F)(F)F)CO2)CC1. The maximum atomic E-state index is 12.2. The second kappa shape index (κ2) is 9.97. The van der Waals surface area contributed by atoms with E-state index in [0.717, 1.165) is 45.1 Å². The molecule has 1 aliphatic carbocycles. The van der Waals surface area contributed by atoms with Crippen LogP contribution in [-0.2, 0) is 14.2 Å². The first kappa shape index (κ1) is 20.0. The minimum Gasteiger partial charge on any atom is -0.378 e. The average Bonchev–Trinajstić information content (AvgIpc) is 2.55. The molecule has 0 radical (unpaired) electrons. The van der Waals surface area contributed by atoms with Gasteiger partial charge in [-0.2, -0.15) is 13.2 Å². The van der Waals surface area contributed by atoms with Crippen molar-refractivity contribution in [3.8, 4) is 0 Å². The summed E-state index contributed by atoms with van der Waals surface area (Å²) in [4.78, 5) is 0. The summed E-state index contributed by atoms with van der Waals surface area (Å²) < 4.78 is 54.0. The van der Waals surface area contributed by atoms with Gasteiger partial charge in [0.2, 0.25) is 0 Å². The number of rotatable bonds is 8. The first-order valence-corrected chi connectivity index (χ1v) is 9.39. The lowest BCUT2D eigenvalue weighted by Gasteiger charge is -2.37. The van der Waals surface area contributed by atoms with Gasteiger partial charge >= 0.3 is 6.18 Å². The predicted molar refractivity (Wildman–Crippen MR) is 85.7 cm³/mol. The minimum absolute atomic E-state index is 0.0947. The number of hydrogen-bond acceptors (Lipinski definition) is 3. The molecule has 1 saturated heterocycles. The van der Waals surface area contributed by atoms with E-state index in [9.17, 15) is 13.2 Å². The lowest BCUT2D eigenvalue weighted by atomic mass is 9.86. The van der Waals surface area contributed by atoms with Gasteiger partial charge in [-0.3, -0.25) is 0 Å². The quantitative estimate of drug-likeness (QED) is 0.570. The summed E-state index contributed by atoms with van der Waals surface area (Å²) in [5, 5.41) is 0. The van der Waals surface area contributed by atoms with E-state index in [2.05, 4.69) is 6.92 Å². The van der Waals surface area contributed by atoms with E-state index in [1.807, 2.05) is 0 Å². The van der Waals surface area contributed by atoms with Crippen molar-refractivity contribution in [2.75, 3.05) is 19.8 Å². The van der Waals surface area contributed by atoms with Gasteiger partial charge in [0.1, 0.15) is 0 Å². The molecule has 142 valence electrons. The maximum absolute atomic E-state index is 12.2.